The Morgan fingerprint density at radius 3 is 1.33 bits per heavy atom. The molecule has 0 saturated heterocycles. The average molecular weight is 298 g/mol. The van der Waals surface area contributed by atoms with Crippen molar-refractivity contribution in [2.75, 3.05) is 0 Å². The first-order valence-electron chi connectivity index (χ1n) is 3.36. The van der Waals surface area contributed by atoms with Crippen molar-refractivity contribution >= 4 is 29.1 Å². The van der Waals surface area contributed by atoms with E-state index in [1.807, 2.05) is 0 Å². The number of benzene rings is 1. The molecule has 0 unspecified atom stereocenters. The summed E-state index contributed by atoms with van der Waals surface area (Å²) < 4.78 is 18.0. The molecule has 1 rings (SSSR count). The van der Waals surface area contributed by atoms with Gasteiger partial charge in [0.15, 0.2) is 7.88 Å². The van der Waals surface area contributed by atoms with Crippen molar-refractivity contribution < 1.29 is 8.42 Å². The third-order valence-corrected chi connectivity index (χ3v) is 1.22. The SMILES string of the molecule is Cc1ccc(C)cc1.O=[SH](=O)I. The van der Waals surface area contributed by atoms with Crippen molar-refractivity contribution in [1.29, 1.82) is 0 Å². The molecule has 0 N–H and O–H groups in total. The zero-order valence-electron chi connectivity index (χ0n) is 6.95. The summed E-state index contributed by atoms with van der Waals surface area (Å²) in [6.45, 7) is 4.19. The molecule has 12 heavy (non-hydrogen) atoms. The summed E-state index contributed by atoms with van der Waals surface area (Å²) in [5.74, 6) is 0. The maximum Gasteiger partial charge on any atom is 0.193 e. The Kier molecular flexibility index (Phi) is 6.37. The van der Waals surface area contributed by atoms with Crippen LogP contribution >= 0.6 is 21.2 Å². The molecule has 0 radical (unpaired) electrons. The number of rotatable bonds is 0. The van der Waals surface area contributed by atoms with Crippen LogP contribution in [0.15, 0.2) is 24.3 Å². The van der Waals surface area contributed by atoms with E-state index in [2.05, 4.69) is 38.1 Å². The van der Waals surface area contributed by atoms with Gasteiger partial charge in [-0.1, -0.05) is 35.4 Å². The Hall–Kier alpha value is -0.100. The van der Waals surface area contributed by atoms with Crippen LogP contribution in [0.4, 0.5) is 0 Å². The molecule has 0 heterocycles. The van der Waals surface area contributed by atoms with Gasteiger partial charge in [0.1, 0.15) is 0 Å². The molecule has 0 bridgehead atoms. The first kappa shape index (κ1) is 11.9. The van der Waals surface area contributed by atoms with Gasteiger partial charge in [-0.25, -0.2) is 8.42 Å². The zero-order chi connectivity index (χ0) is 9.56. The number of halogens is 1. The minimum Gasteiger partial charge on any atom is -0.221 e. The second kappa shape index (κ2) is 6.42. The zero-order valence-corrected chi connectivity index (χ0v) is 10.0. The van der Waals surface area contributed by atoms with E-state index >= 15 is 0 Å². The van der Waals surface area contributed by atoms with Crippen molar-refractivity contribution in [3.8, 4) is 0 Å². The number of hydrogen-bond acceptors (Lipinski definition) is 2. The molecule has 0 saturated carbocycles. The van der Waals surface area contributed by atoms with E-state index in [1.54, 1.807) is 0 Å². The summed E-state index contributed by atoms with van der Waals surface area (Å²) in [7, 11) is -2.15. The third kappa shape index (κ3) is 8.00. The fourth-order valence-corrected chi connectivity index (χ4v) is 0.637. The molecule has 0 aliphatic rings. The maximum atomic E-state index is 9.02. The van der Waals surface area contributed by atoms with Gasteiger partial charge in [0, 0.05) is 0 Å². The first-order chi connectivity index (χ1) is 5.52. The largest absolute Gasteiger partial charge is 0.221 e. The van der Waals surface area contributed by atoms with Crippen LogP contribution in [0.3, 0.4) is 0 Å². The van der Waals surface area contributed by atoms with E-state index in [-0.39, 0.29) is 0 Å². The van der Waals surface area contributed by atoms with Gasteiger partial charge in [-0.05, 0) is 13.8 Å². The molecule has 0 aliphatic carbocycles. The molecule has 2 nitrogen and oxygen atoms in total. The van der Waals surface area contributed by atoms with Crippen LogP contribution in [0.25, 0.3) is 0 Å². The van der Waals surface area contributed by atoms with E-state index in [1.165, 1.54) is 32.3 Å². The third-order valence-electron chi connectivity index (χ3n) is 1.22. The molecule has 4 heteroatoms. The minimum absolute atomic E-state index is 1.30. The molecule has 0 aliphatic heterocycles. The molecular weight excluding hydrogens is 287 g/mol. The highest BCUT2D eigenvalue weighted by molar-refractivity contribution is 14.2. The Bertz CT molecular complexity index is 261. The Morgan fingerprint density at radius 1 is 1.00 bits per heavy atom. The Morgan fingerprint density at radius 2 is 1.17 bits per heavy atom. The van der Waals surface area contributed by atoms with E-state index < -0.39 is 7.88 Å². The van der Waals surface area contributed by atoms with Gasteiger partial charge in [0.25, 0.3) is 0 Å². The smallest absolute Gasteiger partial charge is 0.193 e. The summed E-state index contributed by atoms with van der Waals surface area (Å²) >= 11 is 1.30. The standard InChI is InChI=1S/C8H10.HIO2S/c1-7-3-5-8(2)6-4-7;1-4(2)3/h3-6H,1-2H3;4H. The lowest BCUT2D eigenvalue weighted by atomic mass is 10.2. The van der Waals surface area contributed by atoms with Crippen molar-refractivity contribution in [3.05, 3.63) is 35.4 Å². The highest BCUT2D eigenvalue weighted by Gasteiger charge is 1.79. The minimum atomic E-state index is -2.15. The van der Waals surface area contributed by atoms with E-state index in [0.29, 0.717) is 0 Å². The lowest BCUT2D eigenvalue weighted by molar-refractivity contribution is 0.628. The second-order valence-corrected chi connectivity index (χ2v) is 5.16. The van der Waals surface area contributed by atoms with Crippen molar-refractivity contribution in [2.24, 2.45) is 0 Å². The lowest BCUT2D eigenvalue weighted by Crippen LogP contribution is -1.70. The summed E-state index contributed by atoms with van der Waals surface area (Å²) in [6.07, 6.45) is 0. The van der Waals surface area contributed by atoms with E-state index in [0.717, 1.165) is 0 Å². The predicted molar refractivity (Wildman–Crippen MR) is 60.3 cm³/mol. The number of thiol groups is 1. The monoisotopic (exact) mass is 298 g/mol. The van der Waals surface area contributed by atoms with Gasteiger partial charge in [-0.3, -0.25) is 0 Å². The van der Waals surface area contributed by atoms with Gasteiger partial charge in [0.05, 0.1) is 21.2 Å². The van der Waals surface area contributed by atoms with Crippen molar-refractivity contribution in [2.45, 2.75) is 13.8 Å². The van der Waals surface area contributed by atoms with Gasteiger partial charge in [0.2, 0.25) is 0 Å². The average Bonchev–Trinajstić information content (AvgIpc) is 1.94. The highest BCUT2D eigenvalue weighted by Crippen LogP contribution is 1.99. The summed E-state index contributed by atoms with van der Waals surface area (Å²) in [5, 5.41) is 0. The highest BCUT2D eigenvalue weighted by atomic mass is 127. The second-order valence-electron chi connectivity index (χ2n) is 2.37. The van der Waals surface area contributed by atoms with Crippen LogP contribution in [0.2, 0.25) is 0 Å². The summed E-state index contributed by atoms with van der Waals surface area (Å²) in [4.78, 5) is 0. The molecule has 0 fully saturated rings. The number of hydrogen-bond donors (Lipinski definition) is 1. The molecule has 0 atom stereocenters. The molecule has 0 amide bonds. The van der Waals surface area contributed by atoms with Gasteiger partial charge in [-0.2, -0.15) is 0 Å². The van der Waals surface area contributed by atoms with Gasteiger partial charge in [-0.15, -0.1) is 0 Å². The van der Waals surface area contributed by atoms with Crippen molar-refractivity contribution in [1.82, 2.24) is 0 Å². The summed E-state index contributed by atoms with van der Waals surface area (Å²) in [6, 6.07) is 8.48. The predicted octanol–water partition coefficient (Wildman–Crippen LogP) is 2.25. The molecule has 68 valence electrons. The molecular formula is C8H11IO2S. The van der Waals surface area contributed by atoms with Crippen LogP contribution in [0, 0.1) is 13.8 Å². The number of aryl methyl sites for hydroxylation is 2. The molecule has 0 spiro atoms. The Labute approximate surface area is 86.5 Å². The van der Waals surface area contributed by atoms with Crippen LogP contribution in [0.1, 0.15) is 11.1 Å². The van der Waals surface area contributed by atoms with Crippen LogP contribution < -0.4 is 0 Å². The van der Waals surface area contributed by atoms with Crippen LogP contribution in [-0.2, 0) is 7.88 Å². The van der Waals surface area contributed by atoms with Gasteiger partial charge < -0.3 is 0 Å². The maximum absolute atomic E-state index is 9.02. The molecule has 1 aromatic rings. The first-order valence-corrected chi connectivity index (χ1v) is 7.32. The fourth-order valence-electron chi connectivity index (χ4n) is 0.637. The summed E-state index contributed by atoms with van der Waals surface area (Å²) in [5.41, 5.74) is 2.66. The normalized spacial score (nSPS) is 9.00. The van der Waals surface area contributed by atoms with Crippen molar-refractivity contribution in [3.63, 3.8) is 0 Å². The molecule has 1 aromatic carbocycles. The van der Waals surface area contributed by atoms with Crippen LogP contribution in [0.5, 0.6) is 0 Å². The van der Waals surface area contributed by atoms with Crippen LogP contribution in [-0.4, -0.2) is 8.42 Å². The lowest BCUT2D eigenvalue weighted by Gasteiger charge is -1.90. The van der Waals surface area contributed by atoms with E-state index in [4.69, 9.17) is 8.42 Å². The van der Waals surface area contributed by atoms with E-state index in [9.17, 15) is 0 Å². The Balaban J connectivity index is 0.000000261. The topological polar surface area (TPSA) is 34.1 Å². The quantitative estimate of drug-likeness (QED) is 0.453. The fraction of sp³-hybridized carbons (Fsp3) is 0.250. The van der Waals surface area contributed by atoms with Gasteiger partial charge >= 0.3 is 0 Å². The molecule has 0 aromatic heterocycles.